The van der Waals surface area contributed by atoms with E-state index in [1.54, 1.807) is 0 Å². The number of nitro benzene ring substituents is 1. The molecule has 1 atom stereocenters. The Balaban J connectivity index is 2.26. The lowest BCUT2D eigenvalue weighted by Crippen LogP contribution is -2.23. The molecule has 0 aromatic heterocycles. The monoisotopic (exact) mass is 326 g/mol. The molecule has 0 spiro atoms. The average Bonchev–Trinajstić information content (AvgIpc) is 2.80. The van der Waals surface area contributed by atoms with E-state index in [0.717, 1.165) is 6.07 Å². The van der Waals surface area contributed by atoms with Crippen LogP contribution in [0.3, 0.4) is 0 Å². The van der Waals surface area contributed by atoms with Crippen LogP contribution in [0.1, 0.15) is 22.8 Å². The summed E-state index contributed by atoms with van der Waals surface area (Å²) in [6.07, 6.45) is 0. The largest absolute Gasteiger partial charge is 0.299 e. The van der Waals surface area contributed by atoms with Gasteiger partial charge in [-0.2, -0.15) is 0 Å². The zero-order valence-electron chi connectivity index (χ0n) is 12.5. The summed E-state index contributed by atoms with van der Waals surface area (Å²) in [5.74, 6) is -2.86. The second-order valence-electron chi connectivity index (χ2n) is 5.34. The first-order chi connectivity index (χ1) is 11.4. The molecule has 0 heterocycles. The standard InChI is InChI=1S/C17H11FN2O4/c1-9(21)14-16(19-11-5-2-4-10(18)8-11)12-6-3-7-13(20(23)24)15(12)17(14)22/h2-8,14H,1H3. The van der Waals surface area contributed by atoms with Crippen molar-refractivity contribution in [1.29, 1.82) is 0 Å². The van der Waals surface area contributed by atoms with E-state index in [9.17, 15) is 24.1 Å². The summed E-state index contributed by atoms with van der Waals surface area (Å²) in [5, 5.41) is 11.2. The molecule has 0 saturated heterocycles. The quantitative estimate of drug-likeness (QED) is 0.492. The first kappa shape index (κ1) is 15.7. The van der Waals surface area contributed by atoms with E-state index in [1.165, 1.54) is 43.3 Å². The van der Waals surface area contributed by atoms with Gasteiger partial charge in [-0.3, -0.25) is 24.7 Å². The molecule has 1 unspecified atom stereocenters. The molecule has 0 saturated carbocycles. The molecular formula is C17H11FN2O4. The van der Waals surface area contributed by atoms with Crippen LogP contribution in [0, 0.1) is 21.8 Å². The maximum atomic E-state index is 13.3. The molecular weight excluding hydrogens is 315 g/mol. The Labute approximate surface area is 135 Å². The molecule has 0 radical (unpaired) electrons. The Bertz CT molecular complexity index is 921. The lowest BCUT2D eigenvalue weighted by atomic mass is 9.99. The molecule has 0 fully saturated rings. The van der Waals surface area contributed by atoms with Gasteiger partial charge < -0.3 is 0 Å². The Morgan fingerprint density at radius 3 is 2.58 bits per heavy atom. The van der Waals surface area contributed by atoms with Crippen molar-refractivity contribution in [2.24, 2.45) is 10.9 Å². The third-order valence-corrected chi connectivity index (χ3v) is 3.76. The first-order valence-corrected chi connectivity index (χ1v) is 7.06. The van der Waals surface area contributed by atoms with Crippen LogP contribution in [0.2, 0.25) is 0 Å². The minimum absolute atomic E-state index is 0.108. The first-order valence-electron chi connectivity index (χ1n) is 7.06. The molecule has 120 valence electrons. The molecule has 0 amide bonds. The number of benzene rings is 2. The minimum Gasteiger partial charge on any atom is -0.299 e. The number of Topliss-reactive ketones (excluding diaryl/α,β-unsaturated/α-hetero) is 2. The van der Waals surface area contributed by atoms with Crippen LogP contribution >= 0.6 is 0 Å². The smallest absolute Gasteiger partial charge is 0.280 e. The van der Waals surface area contributed by atoms with Crippen molar-refractivity contribution in [3.63, 3.8) is 0 Å². The number of halogens is 1. The predicted molar refractivity (Wildman–Crippen MR) is 84.2 cm³/mol. The lowest BCUT2D eigenvalue weighted by molar-refractivity contribution is -0.385. The van der Waals surface area contributed by atoms with Crippen LogP contribution in [0.15, 0.2) is 47.5 Å². The fourth-order valence-corrected chi connectivity index (χ4v) is 2.78. The SMILES string of the molecule is CC(=O)C1C(=O)c2c(cccc2[N+](=O)[O-])C1=Nc1cccc(F)c1. The Kier molecular flexibility index (Phi) is 3.76. The van der Waals surface area contributed by atoms with E-state index in [4.69, 9.17) is 0 Å². The topological polar surface area (TPSA) is 89.6 Å². The second-order valence-corrected chi connectivity index (χ2v) is 5.34. The summed E-state index contributed by atoms with van der Waals surface area (Å²) in [6.45, 7) is 1.22. The van der Waals surface area contributed by atoms with Gasteiger partial charge in [-0.1, -0.05) is 18.2 Å². The third-order valence-electron chi connectivity index (χ3n) is 3.76. The van der Waals surface area contributed by atoms with Crippen molar-refractivity contribution in [1.82, 2.24) is 0 Å². The van der Waals surface area contributed by atoms with Gasteiger partial charge in [-0.05, 0) is 25.1 Å². The van der Waals surface area contributed by atoms with Gasteiger partial charge in [0, 0.05) is 11.6 Å². The zero-order valence-corrected chi connectivity index (χ0v) is 12.5. The van der Waals surface area contributed by atoms with Gasteiger partial charge in [0.15, 0.2) is 5.78 Å². The number of carbonyl (C=O) groups is 2. The third kappa shape index (κ3) is 2.50. The van der Waals surface area contributed by atoms with Gasteiger partial charge in [0.1, 0.15) is 23.1 Å². The van der Waals surface area contributed by atoms with E-state index in [2.05, 4.69) is 4.99 Å². The molecule has 2 aromatic rings. The number of hydrogen-bond donors (Lipinski definition) is 0. The molecule has 2 aromatic carbocycles. The molecule has 24 heavy (non-hydrogen) atoms. The van der Waals surface area contributed by atoms with Crippen molar-refractivity contribution >= 4 is 28.7 Å². The molecule has 7 heteroatoms. The average molecular weight is 326 g/mol. The summed E-state index contributed by atoms with van der Waals surface area (Å²) in [6, 6.07) is 9.50. The van der Waals surface area contributed by atoms with Crippen LogP contribution in [0.25, 0.3) is 0 Å². The Morgan fingerprint density at radius 2 is 1.96 bits per heavy atom. The van der Waals surface area contributed by atoms with Crippen molar-refractivity contribution in [3.8, 4) is 0 Å². The van der Waals surface area contributed by atoms with Gasteiger partial charge in [0.05, 0.1) is 16.3 Å². The summed E-state index contributed by atoms with van der Waals surface area (Å²) in [4.78, 5) is 39.2. The fraction of sp³-hybridized carbons (Fsp3) is 0.118. The summed E-state index contributed by atoms with van der Waals surface area (Å²) in [7, 11) is 0. The number of rotatable bonds is 3. The van der Waals surface area contributed by atoms with Gasteiger partial charge in [-0.25, -0.2) is 4.39 Å². The second kappa shape index (κ2) is 5.77. The Hall–Kier alpha value is -3.22. The van der Waals surface area contributed by atoms with Crippen LogP contribution in [-0.4, -0.2) is 22.2 Å². The van der Waals surface area contributed by atoms with Gasteiger partial charge in [-0.15, -0.1) is 0 Å². The molecule has 6 nitrogen and oxygen atoms in total. The molecule has 0 bridgehead atoms. The van der Waals surface area contributed by atoms with Crippen LogP contribution < -0.4 is 0 Å². The van der Waals surface area contributed by atoms with Crippen molar-refractivity contribution in [2.75, 3.05) is 0 Å². The maximum absolute atomic E-state index is 13.3. The van der Waals surface area contributed by atoms with E-state index in [0.29, 0.717) is 0 Å². The molecule has 3 rings (SSSR count). The molecule has 1 aliphatic carbocycles. The number of nitro groups is 1. The van der Waals surface area contributed by atoms with Crippen LogP contribution in [0.5, 0.6) is 0 Å². The van der Waals surface area contributed by atoms with Crippen LogP contribution in [0.4, 0.5) is 15.8 Å². The highest BCUT2D eigenvalue weighted by molar-refractivity contribution is 6.38. The number of nitrogens with zero attached hydrogens (tertiary/aromatic N) is 2. The summed E-state index contributed by atoms with van der Waals surface area (Å²) in [5.41, 5.74) is 0.0740. The van der Waals surface area contributed by atoms with Crippen molar-refractivity contribution in [2.45, 2.75) is 6.92 Å². The molecule has 0 N–H and O–H groups in total. The fourth-order valence-electron chi connectivity index (χ4n) is 2.78. The molecule has 0 aliphatic heterocycles. The summed E-state index contributed by atoms with van der Waals surface area (Å²) >= 11 is 0. The number of hydrogen-bond acceptors (Lipinski definition) is 5. The van der Waals surface area contributed by atoms with Gasteiger partial charge in [0.2, 0.25) is 0 Å². The number of aliphatic imine (C=N–C) groups is 1. The normalized spacial score (nSPS) is 17.8. The highest BCUT2D eigenvalue weighted by atomic mass is 19.1. The highest BCUT2D eigenvalue weighted by Crippen LogP contribution is 2.35. The molecule has 1 aliphatic rings. The van der Waals surface area contributed by atoms with Crippen molar-refractivity contribution in [3.05, 3.63) is 69.5 Å². The number of ketones is 2. The summed E-state index contributed by atoms with van der Waals surface area (Å²) < 4.78 is 13.3. The van der Waals surface area contributed by atoms with E-state index in [1.807, 2.05) is 0 Å². The van der Waals surface area contributed by atoms with E-state index >= 15 is 0 Å². The van der Waals surface area contributed by atoms with Gasteiger partial charge in [0.25, 0.3) is 5.69 Å². The van der Waals surface area contributed by atoms with Gasteiger partial charge >= 0.3 is 0 Å². The predicted octanol–water partition coefficient (Wildman–Crippen LogP) is 3.26. The van der Waals surface area contributed by atoms with Crippen molar-refractivity contribution < 1.29 is 18.9 Å². The number of carbonyl (C=O) groups excluding carboxylic acids is 2. The van der Waals surface area contributed by atoms with E-state index < -0.39 is 28.2 Å². The van der Waals surface area contributed by atoms with E-state index in [-0.39, 0.29) is 28.2 Å². The maximum Gasteiger partial charge on any atom is 0.280 e. The van der Waals surface area contributed by atoms with Crippen LogP contribution in [-0.2, 0) is 4.79 Å². The minimum atomic E-state index is -1.22. The highest BCUT2D eigenvalue weighted by Gasteiger charge is 2.43. The zero-order chi connectivity index (χ0) is 17.4. The lowest BCUT2D eigenvalue weighted by Gasteiger charge is -2.06. The number of fused-ring (bicyclic) bond motifs is 1. The Morgan fingerprint density at radius 1 is 1.25 bits per heavy atom.